The molecule has 6 nitrogen and oxygen atoms in total. The Bertz CT molecular complexity index is 871. The highest BCUT2D eigenvalue weighted by Gasteiger charge is 2.14. The number of phenols is 1. The van der Waals surface area contributed by atoms with E-state index in [1.807, 2.05) is 6.07 Å². The van der Waals surface area contributed by atoms with E-state index < -0.39 is 0 Å². The lowest BCUT2D eigenvalue weighted by molar-refractivity contribution is -0.428. The van der Waals surface area contributed by atoms with Crippen molar-refractivity contribution in [2.24, 2.45) is 0 Å². The summed E-state index contributed by atoms with van der Waals surface area (Å²) in [6.45, 7) is 0. The van der Waals surface area contributed by atoms with Crippen molar-refractivity contribution in [2.75, 3.05) is 14.2 Å². The number of nitroso groups, excluding NO2 is 1. The monoisotopic (exact) mass is 310 g/mol. The molecule has 0 aliphatic carbocycles. The smallest absolute Gasteiger partial charge is 0.257 e. The van der Waals surface area contributed by atoms with Gasteiger partial charge >= 0.3 is 0 Å². The number of aromatic hydroxyl groups is 1. The van der Waals surface area contributed by atoms with Gasteiger partial charge in [0, 0.05) is 33.4 Å². The highest BCUT2D eigenvalue weighted by Crippen LogP contribution is 2.33. The van der Waals surface area contributed by atoms with Crippen molar-refractivity contribution in [1.82, 2.24) is 9.78 Å². The van der Waals surface area contributed by atoms with Crippen LogP contribution in [0.2, 0.25) is 0 Å². The third-order valence-electron chi connectivity index (χ3n) is 3.56. The first-order valence-corrected chi connectivity index (χ1v) is 7.03. The van der Waals surface area contributed by atoms with Crippen LogP contribution in [0.5, 0.6) is 11.5 Å². The zero-order chi connectivity index (χ0) is 16.4. The van der Waals surface area contributed by atoms with Crippen LogP contribution in [0.4, 0.5) is 5.69 Å². The Kier molecular flexibility index (Phi) is 3.80. The Labute approximate surface area is 133 Å². The maximum atomic E-state index is 11.5. The molecule has 2 aromatic carbocycles. The molecule has 3 rings (SSSR count). The summed E-state index contributed by atoms with van der Waals surface area (Å²) in [6.07, 6.45) is 1.65. The largest absolute Gasteiger partial charge is 0.507 e. The quantitative estimate of drug-likeness (QED) is 0.751. The highest BCUT2D eigenvalue weighted by atomic mass is 16.5. The van der Waals surface area contributed by atoms with Crippen LogP contribution in [0.1, 0.15) is 0 Å². The van der Waals surface area contributed by atoms with E-state index in [1.165, 1.54) is 7.05 Å². The fraction of sp³-hybridized carbons (Fsp3) is 0.118. The third-order valence-corrected chi connectivity index (χ3v) is 3.56. The van der Waals surface area contributed by atoms with Gasteiger partial charge in [0.05, 0.1) is 24.7 Å². The first-order chi connectivity index (χ1) is 11.1. The van der Waals surface area contributed by atoms with Crippen molar-refractivity contribution in [3.8, 4) is 28.4 Å². The molecule has 1 aromatic heterocycles. The molecule has 0 unspecified atom stereocenters. The molecule has 0 aliphatic rings. The molecule has 0 radical (unpaired) electrons. The van der Waals surface area contributed by atoms with Gasteiger partial charge in [-0.3, -0.25) is 0 Å². The van der Waals surface area contributed by atoms with Crippen LogP contribution in [-0.4, -0.2) is 33.8 Å². The molecule has 0 saturated heterocycles. The molecule has 0 spiro atoms. The van der Waals surface area contributed by atoms with Crippen molar-refractivity contribution < 1.29 is 14.6 Å². The van der Waals surface area contributed by atoms with Crippen molar-refractivity contribution in [3.05, 3.63) is 59.6 Å². The molecule has 0 aliphatic heterocycles. The molecular formula is C17H16N3O3+. The zero-order valence-electron chi connectivity index (χ0n) is 12.8. The Morgan fingerprint density at radius 1 is 1.17 bits per heavy atom. The maximum absolute atomic E-state index is 11.5. The van der Waals surface area contributed by atoms with E-state index in [1.54, 1.807) is 60.5 Å². The average Bonchev–Trinajstić information content (AvgIpc) is 3.04. The molecule has 6 heteroatoms. The minimum Gasteiger partial charge on any atom is -0.507 e. The summed E-state index contributed by atoms with van der Waals surface area (Å²) in [6, 6.07) is 14.0. The predicted molar refractivity (Wildman–Crippen MR) is 86.4 cm³/mol. The van der Waals surface area contributed by atoms with Crippen LogP contribution < -0.4 is 4.74 Å². The number of phenolic OH excluding ortho intramolecular Hbond substituents is 1. The highest BCUT2D eigenvalue weighted by molar-refractivity contribution is 5.70. The molecule has 1 N–H and O–H groups in total. The second-order valence-corrected chi connectivity index (χ2v) is 5.03. The minimum atomic E-state index is 0.100. The van der Waals surface area contributed by atoms with Crippen molar-refractivity contribution in [3.63, 3.8) is 0 Å². The first kappa shape index (κ1) is 14.8. The lowest BCUT2D eigenvalue weighted by atomic mass is 10.1. The SMILES string of the molecule is COc1ccc(-c2ccnn2-c2cccc([N+](C)=O)c2)c(O)c1. The summed E-state index contributed by atoms with van der Waals surface area (Å²) in [5.41, 5.74) is 2.61. The van der Waals surface area contributed by atoms with Gasteiger partial charge in [0.1, 0.15) is 11.5 Å². The van der Waals surface area contributed by atoms with Gasteiger partial charge in [0.15, 0.2) is 7.05 Å². The normalized spacial score (nSPS) is 10.5. The molecule has 0 amide bonds. The van der Waals surface area contributed by atoms with E-state index in [0.29, 0.717) is 17.0 Å². The van der Waals surface area contributed by atoms with Gasteiger partial charge in [-0.05, 0) is 24.3 Å². The molecule has 0 bridgehead atoms. The van der Waals surface area contributed by atoms with Crippen LogP contribution in [0.25, 0.3) is 16.9 Å². The standard InChI is InChI=1S/C17H15N3O3/c1-19(22)12-4-3-5-13(10-12)20-16(8-9-18-20)15-7-6-14(23-2)11-17(15)21/h3-11H,1-2H3/p+1. The average molecular weight is 310 g/mol. The van der Waals surface area contributed by atoms with Gasteiger partial charge in [-0.1, -0.05) is 6.07 Å². The van der Waals surface area contributed by atoms with E-state index in [9.17, 15) is 10.0 Å². The zero-order valence-corrected chi connectivity index (χ0v) is 12.8. The number of rotatable bonds is 4. The van der Waals surface area contributed by atoms with Crippen molar-refractivity contribution >= 4 is 5.69 Å². The lowest BCUT2D eigenvalue weighted by Crippen LogP contribution is -2.00. The van der Waals surface area contributed by atoms with E-state index in [-0.39, 0.29) is 5.75 Å². The van der Waals surface area contributed by atoms with Gasteiger partial charge in [-0.15, -0.1) is 0 Å². The van der Waals surface area contributed by atoms with Crippen LogP contribution in [0.3, 0.4) is 0 Å². The number of hydrogen-bond acceptors (Lipinski definition) is 4. The molecule has 0 fully saturated rings. The first-order valence-electron chi connectivity index (χ1n) is 7.03. The lowest BCUT2D eigenvalue weighted by Gasteiger charge is -2.10. The summed E-state index contributed by atoms with van der Waals surface area (Å²) in [5.74, 6) is 0.676. The van der Waals surface area contributed by atoms with Gasteiger partial charge in [-0.25, -0.2) is 4.68 Å². The third kappa shape index (κ3) is 2.78. The second-order valence-electron chi connectivity index (χ2n) is 5.03. The Balaban J connectivity index is 2.10. The fourth-order valence-electron chi connectivity index (χ4n) is 2.39. The van der Waals surface area contributed by atoms with Crippen LogP contribution >= 0.6 is 0 Å². The van der Waals surface area contributed by atoms with Gasteiger partial charge in [0.25, 0.3) is 5.69 Å². The fourth-order valence-corrected chi connectivity index (χ4v) is 2.39. The van der Waals surface area contributed by atoms with Crippen LogP contribution in [-0.2, 0) is 0 Å². The van der Waals surface area contributed by atoms with Gasteiger partial charge in [0.2, 0.25) is 0 Å². The summed E-state index contributed by atoms with van der Waals surface area (Å²) < 4.78 is 7.57. The van der Waals surface area contributed by atoms with Crippen LogP contribution in [0.15, 0.2) is 54.7 Å². The molecule has 116 valence electrons. The van der Waals surface area contributed by atoms with E-state index in [0.717, 1.165) is 16.1 Å². The number of aromatic nitrogens is 2. The van der Waals surface area contributed by atoms with E-state index in [4.69, 9.17) is 4.74 Å². The van der Waals surface area contributed by atoms with Gasteiger partial charge < -0.3 is 9.84 Å². The maximum Gasteiger partial charge on any atom is 0.257 e. The summed E-state index contributed by atoms with van der Waals surface area (Å²) in [4.78, 5) is 11.5. The topological polar surface area (TPSA) is 67.4 Å². The number of ether oxygens (including phenoxy) is 1. The molecule has 1 heterocycles. The molecule has 23 heavy (non-hydrogen) atoms. The predicted octanol–water partition coefficient (Wildman–Crippen LogP) is 3.29. The summed E-state index contributed by atoms with van der Waals surface area (Å²) in [5, 5.41) is 14.5. The molecular weight excluding hydrogens is 294 g/mol. The minimum absolute atomic E-state index is 0.100. The van der Waals surface area contributed by atoms with Crippen molar-refractivity contribution in [2.45, 2.75) is 0 Å². The number of hydrogen-bond donors (Lipinski definition) is 1. The summed E-state index contributed by atoms with van der Waals surface area (Å²) >= 11 is 0. The Hall–Kier alpha value is -3.15. The van der Waals surface area contributed by atoms with E-state index in [2.05, 4.69) is 5.10 Å². The Morgan fingerprint density at radius 3 is 2.70 bits per heavy atom. The number of nitrogens with zero attached hydrogens (tertiary/aromatic N) is 3. The van der Waals surface area contributed by atoms with Crippen LogP contribution in [0, 0.1) is 4.91 Å². The summed E-state index contributed by atoms with van der Waals surface area (Å²) in [7, 11) is 2.99. The van der Waals surface area contributed by atoms with E-state index >= 15 is 0 Å². The molecule has 3 aromatic rings. The number of methoxy groups -OCH3 is 1. The molecule has 0 saturated carbocycles. The molecule has 0 atom stereocenters. The number of benzene rings is 2. The van der Waals surface area contributed by atoms with Crippen molar-refractivity contribution in [1.29, 1.82) is 0 Å². The van der Waals surface area contributed by atoms with Gasteiger partial charge in [-0.2, -0.15) is 5.10 Å². The Morgan fingerprint density at radius 2 is 2.00 bits per heavy atom. The second kappa shape index (κ2) is 5.92.